The van der Waals surface area contributed by atoms with Crippen molar-refractivity contribution < 1.29 is 4.74 Å². The summed E-state index contributed by atoms with van der Waals surface area (Å²) in [5, 5.41) is 0. The van der Waals surface area contributed by atoms with Crippen molar-refractivity contribution in [2.75, 3.05) is 20.6 Å². The Labute approximate surface area is 105 Å². The molecule has 3 heteroatoms. The minimum absolute atomic E-state index is 0.0770. The van der Waals surface area contributed by atoms with Crippen LogP contribution in [-0.4, -0.2) is 31.6 Å². The van der Waals surface area contributed by atoms with Crippen molar-refractivity contribution in [2.24, 2.45) is 5.73 Å². The standard InChI is InChI=1S/C14H24N2O/c1-11(2)17-13-7-5-6-12(10-13)14(15)8-9-16(3)4/h5-7,10-11,14H,8-9,15H2,1-4H3. The van der Waals surface area contributed by atoms with Crippen molar-refractivity contribution in [1.82, 2.24) is 4.90 Å². The largest absolute Gasteiger partial charge is 0.491 e. The van der Waals surface area contributed by atoms with Crippen molar-refractivity contribution in [3.05, 3.63) is 29.8 Å². The van der Waals surface area contributed by atoms with Crippen LogP contribution in [0, 0.1) is 0 Å². The molecule has 0 spiro atoms. The Kier molecular flexibility index (Phi) is 5.45. The van der Waals surface area contributed by atoms with Gasteiger partial charge in [0, 0.05) is 6.04 Å². The van der Waals surface area contributed by atoms with Gasteiger partial charge in [-0.1, -0.05) is 12.1 Å². The fraction of sp³-hybridized carbons (Fsp3) is 0.571. The highest BCUT2D eigenvalue weighted by Gasteiger charge is 2.08. The van der Waals surface area contributed by atoms with Gasteiger partial charge in [-0.25, -0.2) is 0 Å². The maximum Gasteiger partial charge on any atom is 0.120 e. The predicted octanol–water partition coefficient (Wildman–Crippen LogP) is 2.43. The number of hydrogen-bond donors (Lipinski definition) is 1. The first kappa shape index (κ1) is 14.0. The summed E-state index contributed by atoms with van der Waals surface area (Å²) >= 11 is 0. The van der Waals surface area contributed by atoms with Crippen LogP contribution in [0.15, 0.2) is 24.3 Å². The Morgan fingerprint density at radius 1 is 1.29 bits per heavy atom. The zero-order valence-electron chi connectivity index (χ0n) is 11.3. The van der Waals surface area contributed by atoms with Gasteiger partial charge in [-0.15, -0.1) is 0 Å². The van der Waals surface area contributed by atoms with E-state index in [1.807, 2.05) is 32.0 Å². The number of benzene rings is 1. The van der Waals surface area contributed by atoms with Gasteiger partial charge in [0.1, 0.15) is 5.75 Å². The predicted molar refractivity (Wildman–Crippen MR) is 72.3 cm³/mol. The fourth-order valence-corrected chi connectivity index (χ4v) is 1.65. The lowest BCUT2D eigenvalue weighted by Gasteiger charge is -2.17. The lowest BCUT2D eigenvalue weighted by Crippen LogP contribution is -2.20. The maximum atomic E-state index is 6.16. The van der Waals surface area contributed by atoms with Gasteiger partial charge in [0.15, 0.2) is 0 Å². The summed E-state index contributed by atoms with van der Waals surface area (Å²) in [5.74, 6) is 0.901. The number of nitrogens with zero attached hydrogens (tertiary/aromatic N) is 1. The molecule has 1 unspecified atom stereocenters. The molecule has 0 saturated heterocycles. The van der Waals surface area contributed by atoms with Gasteiger partial charge in [0.2, 0.25) is 0 Å². The molecule has 0 fully saturated rings. The van der Waals surface area contributed by atoms with E-state index in [1.54, 1.807) is 0 Å². The van der Waals surface area contributed by atoms with Crippen molar-refractivity contribution in [3.8, 4) is 5.75 Å². The first-order valence-corrected chi connectivity index (χ1v) is 6.16. The summed E-state index contributed by atoms with van der Waals surface area (Å²) in [6.45, 7) is 5.05. The number of ether oxygens (including phenoxy) is 1. The van der Waals surface area contributed by atoms with Crippen LogP contribution >= 0.6 is 0 Å². The molecule has 1 atom stereocenters. The number of rotatable bonds is 6. The molecule has 0 heterocycles. The Morgan fingerprint density at radius 3 is 2.59 bits per heavy atom. The van der Waals surface area contributed by atoms with Gasteiger partial charge in [0.25, 0.3) is 0 Å². The highest BCUT2D eigenvalue weighted by Crippen LogP contribution is 2.20. The molecular weight excluding hydrogens is 212 g/mol. The first-order chi connectivity index (χ1) is 7.99. The molecule has 1 aromatic rings. The van der Waals surface area contributed by atoms with Crippen LogP contribution in [0.3, 0.4) is 0 Å². The molecule has 96 valence electrons. The Morgan fingerprint density at radius 2 is 2.00 bits per heavy atom. The van der Waals surface area contributed by atoms with Gasteiger partial charge in [-0.3, -0.25) is 0 Å². The van der Waals surface area contributed by atoms with Crippen molar-refractivity contribution >= 4 is 0 Å². The molecule has 0 bridgehead atoms. The van der Waals surface area contributed by atoms with Crippen molar-refractivity contribution in [1.29, 1.82) is 0 Å². The van der Waals surface area contributed by atoms with E-state index in [0.717, 1.165) is 24.3 Å². The quantitative estimate of drug-likeness (QED) is 0.824. The van der Waals surface area contributed by atoms with Crippen LogP contribution in [-0.2, 0) is 0 Å². The van der Waals surface area contributed by atoms with Crippen LogP contribution in [0.25, 0.3) is 0 Å². The fourth-order valence-electron chi connectivity index (χ4n) is 1.65. The van der Waals surface area contributed by atoms with E-state index in [2.05, 4.69) is 25.1 Å². The average molecular weight is 236 g/mol. The number of nitrogens with two attached hydrogens (primary N) is 1. The minimum atomic E-state index is 0.0770. The normalized spacial score (nSPS) is 13.1. The third-order valence-corrected chi connectivity index (χ3v) is 2.55. The summed E-state index contributed by atoms with van der Waals surface area (Å²) in [7, 11) is 4.12. The second kappa shape index (κ2) is 6.62. The van der Waals surface area contributed by atoms with Crippen LogP contribution in [0.5, 0.6) is 5.75 Å². The van der Waals surface area contributed by atoms with Crippen LogP contribution < -0.4 is 10.5 Å². The molecule has 17 heavy (non-hydrogen) atoms. The summed E-state index contributed by atoms with van der Waals surface area (Å²) < 4.78 is 5.66. The highest BCUT2D eigenvalue weighted by molar-refractivity contribution is 5.30. The Bertz CT molecular complexity index is 337. The van der Waals surface area contributed by atoms with Gasteiger partial charge in [0.05, 0.1) is 6.10 Å². The van der Waals surface area contributed by atoms with Crippen LogP contribution in [0.2, 0.25) is 0 Å². The molecule has 3 nitrogen and oxygen atoms in total. The maximum absolute atomic E-state index is 6.16. The molecule has 0 amide bonds. The van der Waals surface area contributed by atoms with Gasteiger partial charge < -0.3 is 15.4 Å². The molecule has 0 aliphatic heterocycles. The molecule has 0 aliphatic carbocycles. The summed E-state index contributed by atoms with van der Waals surface area (Å²) in [5.41, 5.74) is 7.30. The van der Waals surface area contributed by atoms with E-state index < -0.39 is 0 Å². The van der Waals surface area contributed by atoms with E-state index in [9.17, 15) is 0 Å². The van der Waals surface area contributed by atoms with E-state index >= 15 is 0 Å². The van der Waals surface area contributed by atoms with E-state index in [0.29, 0.717) is 0 Å². The summed E-state index contributed by atoms with van der Waals surface area (Å²) in [4.78, 5) is 2.15. The van der Waals surface area contributed by atoms with Crippen LogP contribution in [0.4, 0.5) is 0 Å². The molecule has 0 aromatic heterocycles. The Balaban J connectivity index is 2.63. The van der Waals surface area contributed by atoms with Gasteiger partial charge >= 0.3 is 0 Å². The van der Waals surface area contributed by atoms with Crippen molar-refractivity contribution in [3.63, 3.8) is 0 Å². The molecule has 0 saturated carbocycles. The highest BCUT2D eigenvalue weighted by atomic mass is 16.5. The zero-order valence-corrected chi connectivity index (χ0v) is 11.3. The minimum Gasteiger partial charge on any atom is -0.491 e. The van der Waals surface area contributed by atoms with Gasteiger partial charge in [-0.05, 0) is 58.6 Å². The van der Waals surface area contributed by atoms with E-state index in [1.165, 1.54) is 0 Å². The van der Waals surface area contributed by atoms with Crippen LogP contribution in [0.1, 0.15) is 31.9 Å². The lowest BCUT2D eigenvalue weighted by atomic mass is 10.0. The average Bonchev–Trinajstić information content (AvgIpc) is 2.25. The van der Waals surface area contributed by atoms with E-state index in [-0.39, 0.29) is 12.1 Å². The Hall–Kier alpha value is -1.06. The molecule has 2 N–H and O–H groups in total. The van der Waals surface area contributed by atoms with Gasteiger partial charge in [-0.2, -0.15) is 0 Å². The summed E-state index contributed by atoms with van der Waals surface area (Å²) in [6.07, 6.45) is 1.15. The number of hydrogen-bond acceptors (Lipinski definition) is 3. The SMILES string of the molecule is CC(C)Oc1cccc(C(N)CCN(C)C)c1. The molecule has 0 radical (unpaired) electrons. The third-order valence-electron chi connectivity index (χ3n) is 2.55. The second-order valence-corrected chi connectivity index (χ2v) is 4.94. The third kappa shape index (κ3) is 5.20. The monoisotopic (exact) mass is 236 g/mol. The molecule has 1 aromatic carbocycles. The smallest absolute Gasteiger partial charge is 0.120 e. The zero-order chi connectivity index (χ0) is 12.8. The summed E-state index contributed by atoms with van der Waals surface area (Å²) in [6, 6.07) is 8.16. The lowest BCUT2D eigenvalue weighted by molar-refractivity contribution is 0.242. The second-order valence-electron chi connectivity index (χ2n) is 4.94. The topological polar surface area (TPSA) is 38.5 Å². The molecule has 0 aliphatic rings. The van der Waals surface area contributed by atoms with Crippen molar-refractivity contribution in [2.45, 2.75) is 32.4 Å². The molecular formula is C14H24N2O. The molecule has 1 rings (SSSR count). The van der Waals surface area contributed by atoms with E-state index in [4.69, 9.17) is 10.5 Å². The first-order valence-electron chi connectivity index (χ1n) is 6.16.